The van der Waals surface area contributed by atoms with Crippen LogP contribution in [0.3, 0.4) is 0 Å². The van der Waals surface area contributed by atoms with Crippen molar-refractivity contribution in [2.45, 2.75) is 32.7 Å². The number of halogens is 2. The van der Waals surface area contributed by atoms with Gasteiger partial charge in [0.2, 0.25) is 0 Å². The average Bonchev–Trinajstić information content (AvgIpc) is 2.25. The predicted molar refractivity (Wildman–Crippen MR) is 71.9 cm³/mol. The Balaban J connectivity index is 2.92. The van der Waals surface area contributed by atoms with Crippen LogP contribution in [0.1, 0.15) is 38.3 Å². The highest BCUT2D eigenvalue weighted by Crippen LogP contribution is 2.29. The molecule has 1 unspecified atom stereocenters. The molecule has 1 N–H and O–H groups in total. The zero-order chi connectivity index (χ0) is 12.8. The molecule has 1 atom stereocenters. The fourth-order valence-corrected chi connectivity index (χ4v) is 2.12. The molecule has 0 radical (unpaired) electrons. The van der Waals surface area contributed by atoms with Crippen LogP contribution in [0.2, 0.25) is 5.02 Å². The number of nitrogens with one attached hydrogen (secondary N) is 1. The van der Waals surface area contributed by atoms with Gasteiger partial charge in [0.05, 0.1) is 0 Å². The molecule has 0 bridgehead atoms. The molecule has 3 heteroatoms. The van der Waals surface area contributed by atoms with Crippen molar-refractivity contribution in [3.8, 4) is 0 Å². The molecule has 0 fully saturated rings. The average molecular weight is 256 g/mol. The predicted octanol–water partition coefficient (Wildman–Crippen LogP) is 4.49. The number of hydrogen-bond acceptors (Lipinski definition) is 1. The Morgan fingerprint density at radius 2 is 2.24 bits per heavy atom. The molecule has 0 saturated carbocycles. The number of hydrogen-bond donors (Lipinski definition) is 1. The van der Waals surface area contributed by atoms with Crippen LogP contribution in [0.15, 0.2) is 30.4 Å². The van der Waals surface area contributed by atoms with Gasteiger partial charge in [-0.2, -0.15) is 0 Å². The van der Waals surface area contributed by atoms with Crippen LogP contribution in [0.4, 0.5) is 4.39 Å². The first-order valence-corrected chi connectivity index (χ1v) is 6.25. The van der Waals surface area contributed by atoms with Gasteiger partial charge in [0.25, 0.3) is 0 Å². The van der Waals surface area contributed by atoms with Crippen molar-refractivity contribution in [2.24, 2.45) is 0 Å². The summed E-state index contributed by atoms with van der Waals surface area (Å²) < 4.78 is 13.8. The summed E-state index contributed by atoms with van der Waals surface area (Å²) in [4.78, 5) is 0. The van der Waals surface area contributed by atoms with E-state index in [0.29, 0.717) is 10.6 Å². The standard InChI is InChI=1S/C14H19ClFN/c1-4-17-13(9-8-10(2)3)14-11(15)6-5-7-12(14)16/h5-7,13,17H,2,4,8-9H2,1,3H3. The minimum absolute atomic E-state index is 0.0506. The van der Waals surface area contributed by atoms with Crippen molar-refractivity contribution in [2.75, 3.05) is 6.54 Å². The Morgan fingerprint density at radius 1 is 1.53 bits per heavy atom. The van der Waals surface area contributed by atoms with Crippen LogP contribution in [-0.4, -0.2) is 6.54 Å². The largest absolute Gasteiger partial charge is 0.310 e. The van der Waals surface area contributed by atoms with Gasteiger partial charge in [-0.1, -0.05) is 30.2 Å². The highest BCUT2D eigenvalue weighted by Gasteiger charge is 2.17. The summed E-state index contributed by atoms with van der Waals surface area (Å²) in [5, 5.41) is 3.75. The summed E-state index contributed by atoms with van der Waals surface area (Å²) in [5.41, 5.74) is 1.66. The molecular weight excluding hydrogens is 237 g/mol. The van der Waals surface area contributed by atoms with E-state index < -0.39 is 0 Å². The summed E-state index contributed by atoms with van der Waals surface area (Å²) in [6.07, 6.45) is 1.67. The quantitative estimate of drug-likeness (QED) is 0.739. The zero-order valence-corrected chi connectivity index (χ0v) is 11.1. The van der Waals surface area contributed by atoms with Crippen molar-refractivity contribution in [3.63, 3.8) is 0 Å². The van der Waals surface area contributed by atoms with E-state index in [4.69, 9.17) is 11.6 Å². The van der Waals surface area contributed by atoms with Crippen molar-refractivity contribution >= 4 is 11.6 Å². The molecule has 0 aliphatic heterocycles. The van der Waals surface area contributed by atoms with Crippen molar-refractivity contribution in [1.29, 1.82) is 0 Å². The van der Waals surface area contributed by atoms with Crippen LogP contribution < -0.4 is 5.32 Å². The molecule has 17 heavy (non-hydrogen) atoms. The SMILES string of the molecule is C=C(C)CCC(NCC)c1c(F)cccc1Cl. The molecule has 1 aromatic rings. The second kappa shape index (κ2) is 6.77. The lowest BCUT2D eigenvalue weighted by molar-refractivity contribution is 0.485. The minimum Gasteiger partial charge on any atom is -0.310 e. The lowest BCUT2D eigenvalue weighted by Gasteiger charge is -2.20. The van der Waals surface area contributed by atoms with Gasteiger partial charge in [-0.05, 0) is 38.4 Å². The molecule has 0 heterocycles. The van der Waals surface area contributed by atoms with Gasteiger partial charge in [-0.25, -0.2) is 4.39 Å². The maximum Gasteiger partial charge on any atom is 0.129 e. The topological polar surface area (TPSA) is 12.0 Å². The van der Waals surface area contributed by atoms with E-state index in [2.05, 4.69) is 11.9 Å². The van der Waals surface area contributed by atoms with Crippen LogP contribution in [0.5, 0.6) is 0 Å². The van der Waals surface area contributed by atoms with Gasteiger partial charge in [-0.3, -0.25) is 0 Å². The number of benzene rings is 1. The number of allylic oxidation sites excluding steroid dienone is 1. The first-order chi connectivity index (χ1) is 8.06. The molecule has 0 saturated heterocycles. The fraction of sp³-hybridized carbons (Fsp3) is 0.429. The lowest BCUT2D eigenvalue weighted by atomic mass is 9.99. The highest BCUT2D eigenvalue weighted by atomic mass is 35.5. The van der Waals surface area contributed by atoms with E-state index in [-0.39, 0.29) is 11.9 Å². The van der Waals surface area contributed by atoms with Gasteiger partial charge in [0.15, 0.2) is 0 Å². The first kappa shape index (κ1) is 14.2. The molecule has 1 rings (SSSR count). The Morgan fingerprint density at radius 3 is 2.76 bits per heavy atom. The van der Waals surface area contributed by atoms with Crippen LogP contribution >= 0.6 is 11.6 Å². The lowest BCUT2D eigenvalue weighted by Crippen LogP contribution is -2.22. The molecule has 1 aromatic carbocycles. The van der Waals surface area contributed by atoms with Gasteiger partial charge < -0.3 is 5.32 Å². The van der Waals surface area contributed by atoms with Gasteiger partial charge in [-0.15, -0.1) is 6.58 Å². The Hall–Kier alpha value is -0.860. The molecular formula is C14H19ClFN. The minimum atomic E-state index is -0.245. The maximum atomic E-state index is 13.8. The molecule has 1 nitrogen and oxygen atoms in total. The summed E-state index contributed by atoms with van der Waals surface area (Å²) in [6, 6.07) is 4.76. The summed E-state index contributed by atoms with van der Waals surface area (Å²) >= 11 is 6.07. The van der Waals surface area contributed by atoms with E-state index in [1.165, 1.54) is 6.07 Å². The van der Waals surface area contributed by atoms with Gasteiger partial charge >= 0.3 is 0 Å². The van der Waals surface area contributed by atoms with Crippen molar-refractivity contribution < 1.29 is 4.39 Å². The van der Waals surface area contributed by atoms with E-state index in [1.54, 1.807) is 12.1 Å². The molecule has 0 spiro atoms. The molecule has 0 aliphatic carbocycles. The van der Waals surface area contributed by atoms with Crippen LogP contribution in [-0.2, 0) is 0 Å². The normalized spacial score (nSPS) is 12.5. The highest BCUT2D eigenvalue weighted by molar-refractivity contribution is 6.31. The molecule has 0 aliphatic rings. The third-order valence-electron chi connectivity index (χ3n) is 2.66. The number of rotatable bonds is 6. The Kier molecular flexibility index (Phi) is 5.66. The molecule has 0 aromatic heterocycles. The van der Waals surface area contributed by atoms with Crippen LogP contribution in [0.25, 0.3) is 0 Å². The third kappa shape index (κ3) is 4.14. The maximum absolute atomic E-state index is 13.8. The van der Waals surface area contributed by atoms with E-state index in [0.717, 1.165) is 25.0 Å². The zero-order valence-electron chi connectivity index (χ0n) is 10.4. The second-order valence-electron chi connectivity index (χ2n) is 4.24. The van der Waals surface area contributed by atoms with Crippen molar-refractivity contribution in [3.05, 3.63) is 46.8 Å². The van der Waals surface area contributed by atoms with E-state index in [1.807, 2.05) is 13.8 Å². The first-order valence-electron chi connectivity index (χ1n) is 5.88. The van der Waals surface area contributed by atoms with Gasteiger partial charge in [0, 0.05) is 16.6 Å². The molecule has 0 amide bonds. The summed E-state index contributed by atoms with van der Waals surface area (Å²) in [7, 11) is 0. The summed E-state index contributed by atoms with van der Waals surface area (Å²) in [6.45, 7) is 8.64. The third-order valence-corrected chi connectivity index (χ3v) is 2.99. The smallest absolute Gasteiger partial charge is 0.129 e. The van der Waals surface area contributed by atoms with Gasteiger partial charge in [0.1, 0.15) is 5.82 Å². The van der Waals surface area contributed by atoms with E-state index >= 15 is 0 Å². The Labute approximate surface area is 108 Å². The van der Waals surface area contributed by atoms with Crippen LogP contribution in [0, 0.1) is 5.82 Å². The van der Waals surface area contributed by atoms with Crippen molar-refractivity contribution in [1.82, 2.24) is 5.32 Å². The monoisotopic (exact) mass is 255 g/mol. The second-order valence-corrected chi connectivity index (χ2v) is 4.65. The van der Waals surface area contributed by atoms with E-state index in [9.17, 15) is 4.39 Å². The Bertz CT molecular complexity index is 370. The molecule has 94 valence electrons. The fourth-order valence-electron chi connectivity index (χ4n) is 1.83. The summed E-state index contributed by atoms with van der Waals surface area (Å²) in [5.74, 6) is -0.245.